The lowest BCUT2D eigenvalue weighted by Crippen LogP contribution is -2.76. The van der Waals surface area contributed by atoms with E-state index in [2.05, 4.69) is 10.1 Å². The average molecular weight is 447 g/mol. The molecule has 9 nitrogen and oxygen atoms in total. The van der Waals surface area contributed by atoms with Gasteiger partial charge in [-0.15, -0.1) is 0 Å². The third kappa shape index (κ3) is 2.63. The van der Waals surface area contributed by atoms with Gasteiger partial charge in [0.2, 0.25) is 10.0 Å². The third-order valence-electron chi connectivity index (χ3n) is 8.77. The molecule has 0 N–H and O–H groups in total. The number of amides is 2. The number of sulfonamides is 1. The number of hydrogen-bond acceptors (Lipinski definition) is 5. The molecule has 3 saturated heterocycles. The lowest BCUT2D eigenvalue weighted by atomic mass is 9.60. The van der Waals surface area contributed by atoms with E-state index < -0.39 is 14.8 Å². The fourth-order valence-electron chi connectivity index (χ4n) is 6.19. The van der Waals surface area contributed by atoms with Gasteiger partial charge in [-0.25, -0.2) is 22.9 Å². The van der Waals surface area contributed by atoms with Gasteiger partial charge in [-0.2, -0.15) is 9.40 Å². The van der Waals surface area contributed by atoms with Crippen LogP contribution in [-0.2, 0) is 10.0 Å². The van der Waals surface area contributed by atoms with E-state index in [4.69, 9.17) is 0 Å². The Labute approximate surface area is 182 Å². The molecule has 4 heterocycles. The molecule has 3 saturated carbocycles. The molecular formula is C21H30N6O3S. The van der Waals surface area contributed by atoms with E-state index in [1.165, 1.54) is 12.8 Å². The van der Waals surface area contributed by atoms with Gasteiger partial charge in [0.1, 0.15) is 6.33 Å². The number of carbonyl (C=O) groups is 1. The van der Waals surface area contributed by atoms with Crippen molar-refractivity contribution in [3.63, 3.8) is 0 Å². The van der Waals surface area contributed by atoms with E-state index in [9.17, 15) is 13.2 Å². The zero-order chi connectivity index (χ0) is 21.2. The highest BCUT2D eigenvalue weighted by molar-refractivity contribution is 7.90. The van der Waals surface area contributed by atoms with Crippen molar-refractivity contribution in [3.8, 4) is 0 Å². The van der Waals surface area contributed by atoms with Crippen LogP contribution in [0.15, 0.2) is 6.33 Å². The smallest absolute Gasteiger partial charge is 0.320 e. The zero-order valence-electron chi connectivity index (χ0n) is 18.0. The lowest BCUT2D eigenvalue weighted by molar-refractivity contribution is -0.101. The van der Waals surface area contributed by atoms with Crippen LogP contribution in [0.25, 0.3) is 0 Å². The van der Waals surface area contributed by atoms with Crippen LogP contribution in [-0.4, -0.2) is 87.3 Å². The maximum Gasteiger partial charge on any atom is 0.320 e. The monoisotopic (exact) mass is 446 g/mol. The molecule has 31 heavy (non-hydrogen) atoms. The second-order valence-electron chi connectivity index (χ2n) is 11.6. The molecule has 1 aromatic rings. The minimum atomic E-state index is -3.15. The Morgan fingerprint density at radius 2 is 1.61 bits per heavy atom. The van der Waals surface area contributed by atoms with Crippen molar-refractivity contribution in [2.45, 2.75) is 62.2 Å². The van der Waals surface area contributed by atoms with Gasteiger partial charge in [0, 0.05) is 56.0 Å². The summed E-state index contributed by atoms with van der Waals surface area (Å²) in [5.74, 6) is 1.60. The summed E-state index contributed by atoms with van der Waals surface area (Å²) in [6, 6.07) is 0.563. The largest absolute Gasteiger partial charge is 0.323 e. The third-order valence-corrected chi connectivity index (χ3v) is 11.4. The van der Waals surface area contributed by atoms with Crippen LogP contribution in [0, 0.1) is 10.8 Å². The van der Waals surface area contributed by atoms with Gasteiger partial charge < -0.3 is 9.80 Å². The number of rotatable bonds is 4. The van der Waals surface area contributed by atoms with Crippen molar-refractivity contribution in [1.82, 2.24) is 28.9 Å². The summed E-state index contributed by atoms with van der Waals surface area (Å²) in [4.78, 5) is 21.2. The number of hydrogen-bond donors (Lipinski definition) is 0. The molecular weight excluding hydrogens is 416 g/mol. The van der Waals surface area contributed by atoms with Gasteiger partial charge in [0.25, 0.3) is 0 Å². The van der Waals surface area contributed by atoms with Crippen LogP contribution in [0.3, 0.4) is 0 Å². The first-order valence-electron chi connectivity index (χ1n) is 11.6. The maximum absolute atomic E-state index is 12.8. The molecule has 168 valence electrons. The molecule has 2 spiro atoms. The topological polar surface area (TPSA) is 91.6 Å². The summed E-state index contributed by atoms with van der Waals surface area (Å²) in [6.45, 7) is 6.10. The Hall–Kier alpha value is -1.68. The van der Waals surface area contributed by atoms with E-state index in [0.717, 1.165) is 44.6 Å². The fourth-order valence-corrected chi connectivity index (χ4v) is 8.32. The van der Waals surface area contributed by atoms with Gasteiger partial charge in [-0.05, 0) is 45.4 Å². The fraction of sp³-hybridized carbons (Fsp3) is 0.857. The Balaban J connectivity index is 0.883. The summed E-state index contributed by atoms with van der Waals surface area (Å²) in [6.07, 6.45) is 8.05. The molecule has 6 aliphatic rings. The van der Waals surface area contributed by atoms with Gasteiger partial charge in [0.15, 0.2) is 5.82 Å². The summed E-state index contributed by atoms with van der Waals surface area (Å²) < 4.78 is 28.4. The molecule has 0 unspecified atom stereocenters. The summed E-state index contributed by atoms with van der Waals surface area (Å²) in [5.41, 5.74) is 0.278. The quantitative estimate of drug-likeness (QED) is 0.697. The van der Waals surface area contributed by atoms with Crippen LogP contribution in [0.1, 0.15) is 63.2 Å². The first kappa shape index (κ1) is 18.8. The van der Waals surface area contributed by atoms with Crippen molar-refractivity contribution in [2.75, 3.05) is 39.3 Å². The van der Waals surface area contributed by atoms with Crippen molar-refractivity contribution in [3.05, 3.63) is 12.2 Å². The number of likely N-dealkylation sites (tertiary alicyclic amines) is 2. The minimum Gasteiger partial charge on any atom is -0.323 e. The SMILES string of the molecule is CC1(S(=O)(=O)N2CC3(CN(C(=O)N4CC5(CC(n6cnc(C7CC7)n6)C5)C4)C3)C2)CC1. The first-order valence-corrected chi connectivity index (χ1v) is 13.1. The molecule has 2 amide bonds. The normalized spacial score (nSPS) is 30.5. The number of aromatic nitrogens is 3. The molecule has 3 aliphatic carbocycles. The molecule has 0 bridgehead atoms. The van der Waals surface area contributed by atoms with E-state index in [1.54, 1.807) is 4.31 Å². The van der Waals surface area contributed by atoms with Crippen molar-refractivity contribution >= 4 is 16.1 Å². The molecule has 7 rings (SSSR count). The van der Waals surface area contributed by atoms with Crippen LogP contribution < -0.4 is 0 Å². The van der Waals surface area contributed by atoms with Crippen LogP contribution in [0.5, 0.6) is 0 Å². The highest BCUT2D eigenvalue weighted by Crippen LogP contribution is 2.55. The lowest BCUT2D eigenvalue weighted by Gasteiger charge is -2.63. The van der Waals surface area contributed by atoms with Crippen molar-refractivity contribution in [2.24, 2.45) is 10.8 Å². The Kier molecular flexibility index (Phi) is 3.42. The molecule has 10 heteroatoms. The van der Waals surface area contributed by atoms with Crippen LogP contribution >= 0.6 is 0 Å². The summed E-state index contributed by atoms with van der Waals surface area (Å²) in [5, 5.41) is 4.67. The van der Waals surface area contributed by atoms with E-state index >= 15 is 0 Å². The molecule has 1 aromatic heterocycles. The minimum absolute atomic E-state index is 0.00442. The second-order valence-corrected chi connectivity index (χ2v) is 14.1. The van der Waals surface area contributed by atoms with Crippen LogP contribution in [0.2, 0.25) is 0 Å². The molecule has 0 aromatic carbocycles. The van der Waals surface area contributed by atoms with Gasteiger partial charge in [-0.1, -0.05) is 0 Å². The maximum atomic E-state index is 12.8. The van der Waals surface area contributed by atoms with Gasteiger partial charge >= 0.3 is 6.03 Å². The van der Waals surface area contributed by atoms with Crippen LogP contribution in [0.4, 0.5) is 4.79 Å². The molecule has 3 aliphatic heterocycles. The summed E-state index contributed by atoms with van der Waals surface area (Å²) in [7, 11) is -3.15. The number of carbonyl (C=O) groups excluding carboxylic acids is 1. The molecule has 6 fully saturated rings. The summed E-state index contributed by atoms with van der Waals surface area (Å²) >= 11 is 0. The second kappa shape index (κ2) is 5.62. The molecule has 0 radical (unpaired) electrons. The Morgan fingerprint density at radius 3 is 2.19 bits per heavy atom. The number of nitrogens with zero attached hydrogens (tertiary/aromatic N) is 6. The highest BCUT2D eigenvalue weighted by atomic mass is 32.2. The van der Waals surface area contributed by atoms with E-state index in [0.29, 0.717) is 38.1 Å². The van der Waals surface area contributed by atoms with Gasteiger partial charge in [-0.3, -0.25) is 0 Å². The predicted octanol–water partition coefficient (Wildman–Crippen LogP) is 1.41. The number of urea groups is 1. The van der Waals surface area contributed by atoms with Crippen molar-refractivity contribution in [1.29, 1.82) is 0 Å². The average Bonchev–Trinajstić information content (AvgIpc) is 3.51. The first-order chi connectivity index (χ1) is 14.7. The Bertz CT molecular complexity index is 1050. The van der Waals surface area contributed by atoms with E-state index in [-0.39, 0.29) is 16.9 Å². The zero-order valence-corrected chi connectivity index (χ0v) is 18.9. The van der Waals surface area contributed by atoms with Gasteiger partial charge in [0.05, 0.1) is 10.8 Å². The van der Waals surface area contributed by atoms with E-state index in [1.807, 2.05) is 27.7 Å². The van der Waals surface area contributed by atoms with Crippen molar-refractivity contribution < 1.29 is 13.2 Å². The Morgan fingerprint density at radius 1 is 1.00 bits per heavy atom. The predicted molar refractivity (Wildman–Crippen MR) is 112 cm³/mol. The highest BCUT2D eigenvalue weighted by Gasteiger charge is 2.63. The molecule has 0 atom stereocenters. The standard InChI is InChI=1S/C21H30N6O3S/c1-19(4-5-19)31(29,30)26-12-21(13-26)10-25(11-21)18(28)24-8-20(9-24)6-16(7-20)27-14-22-17(23-27)15-2-3-15/h14-16H,2-13H2,1H3.